The van der Waals surface area contributed by atoms with Gasteiger partial charge in [0.2, 0.25) is 0 Å². The molecule has 1 aliphatic rings. The van der Waals surface area contributed by atoms with E-state index in [1.54, 1.807) is 0 Å². The van der Waals surface area contributed by atoms with Crippen molar-refractivity contribution in [3.63, 3.8) is 0 Å². The van der Waals surface area contributed by atoms with E-state index in [1.165, 1.54) is 11.1 Å². The molecule has 1 heterocycles. The Morgan fingerprint density at radius 1 is 1.07 bits per heavy atom. The van der Waals surface area contributed by atoms with Gasteiger partial charge in [0.15, 0.2) is 12.0 Å². The highest BCUT2D eigenvalue weighted by atomic mass is 16.3. The van der Waals surface area contributed by atoms with Crippen LogP contribution in [0.1, 0.15) is 33.0 Å². The van der Waals surface area contributed by atoms with Gasteiger partial charge in [-0.25, -0.2) is 0 Å². The average molecular weight is 198 g/mol. The first-order valence-corrected chi connectivity index (χ1v) is 5.00. The third kappa shape index (κ3) is 1.30. The van der Waals surface area contributed by atoms with Crippen molar-refractivity contribution in [3.05, 3.63) is 58.5 Å². The Labute approximate surface area is 87.5 Å². The highest BCUT2D eigenvalue weighted by molar-refractivity contribution is 5.71. The van der Waals surface area contributed by atoms with E-state index < -0.39 is 0 Å². The summed E-state index contributed by atoms with van der Waals surface area (Å²) in [5.74, 6) is 1.38. The summed E-state index contributed by atoms with van der Waals surface area (Å²) in [4.78, 5) is 10.6. The molecule has 2 heteroatoms. The van der Waals surface area contributed by atoms with Gasteiger partial charge in [-0.1, -0.05) is 24.3 Å². The molecule has 15 heavy (non-hydrogen) atoms. The number of benzene rings is 1. The number of aldehydes is 1. The van der Waals surface area contributed by atoms with Crippen molar-refractivity contribution in [1.82, 2.24) is 0 Å². The molecule has 0 spiro atoms. The second-order valence-corrected chi connectivity index (χ2v) is 3.84. The van der Waals surface area contributed by atoms with Crippen LogP contribution in [0.15, 0.2) is 34.7 Å². The maximum Gasteiger partial charge on any atom is 0.185 e. The van der Waals surface area contributed by atoms with Crippen LogP contribution in [0, 0.1) is 0 Å². The molecule has 2 nitrogen and oxygen atoms in total. The van der Waals surface area contributed by atoms with Crippen molar-refractivity contribution in [2.24, 2.45) is 0 Å². The van der Waals surface area contributed by atoms with E-state index in [-0.39, 0.29) is 0 Å². The van der Waals surface area contributed by atoms with E-state index >= 15 is 0 Å². The standard InChI is InChI=1S/C13H10O2/c14-8-12-6-11-5-9-3-1-2-4-10(9)7-13(11)15-12/h1-4,6,8H,5,7H2. The maximum atomic E-state index is 10.6. The lowest BCUT2D eigenvalue weighted by atomic mass is 9.91. The Kier molecular flexibility index (Phi) is 1.75. The molecule has 3 rings (SSSR count). The van der Waals surface area contributed by atoms with E-state index in [1.807, 2.05) is 18.2 Å². The van der Waals surface area contributed by atoms with Crippen LogP contribution in [-0.4, -0.2) is 6.29 Å². The molecule has 0 aliphatic heterocycles. The summed E-state index contributed by atoms with van der Waals surface area (Å²) in [5, 5.41) is 0. The number of carbonyl (C=O) groups excluding carboxylic acids is 1. The van der Waals surface area contributed by atoms with Gasteiger partial charge in [-0.2, -0.15) is 0 Å². The lowest BCUT2D eigenvalue weighted by Crippen LogP contribution is -2.04. The minimum atomic E-state index is 0.438. The fourth-order valence-electron chi connectivity index (χ4n) is 2.13. The first-order valence-electron chi connectivity index (χ1n) is 5.00. The summed E-state index contributed by atoms with van der Waals surface area (Å²) in [5.41, 5.74) is 3.79. The van der Waals surface area contributed by atoms with Crippen LogP contribution in [0.5, 0.6) is 0 Å². The van der Waals surface area contributed by atoms with E-state index in [0.29, 0.717) is 5.76 Å². The molecule has 0 saturated carbocycles. The van der Waals surface area contributed by atoms with Crippen molar-refractivity contribution in [1.29, 1.82) is 0 Å². The minimum Gasteiger partial charge on any atom is -0.458 e. The van der Waals surface area contributed by atoms with Gasteiger partial charge in [0.1, 0.15) is 5.76 Å². The quantitative estimate of drug-likeness (QED) is 0.562. The zero-order valence-corrected chi connectivity index (χ0v) is 8.19. The number of fused-ring (bicyclic) bond motifs is 2. The van der Waals surface area contributed by atoms with Gasteiger partial charge in [0.05, 0.1) is 0 Å². The van der Waals surface area contributed by atoms with Gasteiger partial charge in [-0.05, 0) is 22.8 Å². The summed E-state index contributed by atoms with van der Waals surface area (Å²) in [6, 6.07) is 10.2. The highest BCUT2D eigenvalue weighted by Crippen LogP contribution is 2.28. The molecule has 74 valence electrons. The highest BCUT2D eigenvalue weighted by Gasteiger charge is 2.18. The van der Waals surface area contributed by atoms with Crippen LogP contribution >= 0.6 is 0 Å². The zero-order valence-electron chi connectivity index (χ0n) is 8.19. The van der Waals surface area contributed by atoms with Gasteiger partial charge in [-0.3, -0.25) is 4.79 Å². The molecule has 0 radical (unpaired) electrons. The topological polar surface area (TPSA) is 30.2 Å². The third-order valence-corrected chi connectivity index (χ3v) is 2.88. The monoisotopic (exact) mass is 198 g/mol. The molecule has 0 amide bonds. The van der Waals surface area contributed by atoms with Crippen molar-refractivity contribution >= 4 is 6.29 Å². The molecule has 0 N–H and O–H groups in total. The van der Waals surface area contributed by atoms with Crippen LogP contribution in [-0.2, 0) is 12.8 Å². The molecule has 1 aromatic carbocycles. The van der Waals surface area contributed by atoms with Gasteiger partial charge in [0.25, 0.3) is 0 Å². The fourth-order valence-corrected chi connectivity index (χ4v) is 2.13. The lowest BCUT2D eigenvalue weighted by Gasteiger charge is -2.14. The SMILES string of the molecule is O=Cc1cc2c(o1)Cc1ccccc1C2. The molecule has 0 unspecified atom stereocenters. The normalized spacial score (nSPS) is 13.1. The van der Waals surface area contributed by atoms with Crippen LogP contribution < -0.4 is 0 Å². The first kappa shape index (κ1) is 8.48. The number of carbonyl (C=O) groups is 1. The second kappa shape index (κ2) is 3.09. The zero-order chi connectivity index (χ0) is 10.3. The molecule has 0 fully saturated rings. The third-order valence-electron chi connectivity index (χ3n) is 2.88. The van der Waals surface area contributed by atoms with Gasteiger partial charge < -0.3 is 4.42 Å². The number of rotatable bonds is 1. The van der Waals surface area contributed by atoms with Crippen LogP contribution in [0.25, 0.3) is 0 Å². The Bertz CT molecular complexity index is 481. The van der Waals surface area contributed by atoms with E-state index in [2.05, 4.69) is 12.1 Å². The predicted molar refractivity (Wildman–Crippen MR) is 56.1 cm³/mol. The predicted octanol–water partition coefficient (Wildman–Crippen LogP) is 2.59. The number of hydrogen-bond acceptors (Lipinski definition) is 2. The molecule has 0 bridgehead atoms. The van der Waals surface area contributed by atoms with E-state index in [0.717, 1.165) is 30.5 Å². The summed E-state index contributed by atoms with van der Waals surface area (Å²) >= 11 is 0. The number of furan rings is 1. The van der Waals surface area contributed by atoms with Crippen LogP contribution in [0.4, 0.5) is 0 Å². The van der Waals surface area contributed by atoms with Gasteiger partial charge >= 0.3 is 0 Å². The van der Waals surface area contributed by atoms with Crippen LogP contribution in [0.3, 0.4) is 0 Å². The largest absolute Gasteiger partial charge is 0.458 e. The molecular weight excluding hydrogens is 188 g/mol. The fraction of sp³-hybridized carbons (Fsp3) is 0.154. The first-order chi connectivity index (χ1) is 7.36. The van der Waals surface area contributed by atoms with Gasteiger partial charge in [-0.15, -0.1) is 0 Å². The van der Waals surface area contributed by atoms with E-state index in [4.69, 9.17) is 4.42 Å². The second-order valence-electron chi connectivity index (χ2n) is 3.84. The van der Waals surface area contributed by atoms with Crippen molar-refractivity contribution < 1.29 is 9.21 Å². The minimum absolute atomic E-state index is 0.438. The summed E-state index contributed by atoms with van der Waals surface area (Å²) in [7, 11) is 0. The lowest BCUT2D eigenvalue weighted by molar-refractivity contribution is 0.109. The van der Waals surface area contributed by atoms with Crippen molar-refractivity contribution in [3.8, 4) is 0 Å². The van der Waals surface area contributed by atoms with Crippen molar-refractivity contribution in [2.75, 3.05) is 0 Å². The Balaban J connectivity index is 2.08. The summed E-state index contributed by atoms with van der Waals surface area (Å²) in [6.07, 6.45) is 2.45. The Morgan fingerprint density at radius 2 is 1.80 bits per heavy atom. The summed E-state index contributed by atoms with van der Waals surface area (Å²) < 4.78 is 5.44. The molecule has 2 aromatic rings. The smallest absolute Gasteiger partial charge is 0.185 e. The molecule has 1 aliphatic carbocycles. The van der Waals surface area contributed by atoms with E-state index in [9.17, 15) is 4.79 Å². The number of hydrogen-bond donors (Lipinski definition) is 0. The van der Waals surface area contributed by atoms with Crippen LogP contribution in [0.2, 0.25) is 0 Å². The molecule has 1 aromatic heterocycles. The molecular formula is C13H10O2. The molecule has 0 saturated heterocycles. The van der Waals surface area contributed by atoms with Crippen molar-refractivity contribution in [2.45, 2.75) is 12.8 Å². The molecule has 0 atom stereocenters. The Morgan fingerprint density at radius 3 is 2.53 bits per heavy atom. The summed E-state index contributed by atoms with van der Waals surface area (Å²) in [6.45, 7) is 0. The average Bonchev–Trinajstić information content (AvgIpc) is 2.67. The maximum absolute atomic E-state index is 10.6. The van der Waals surface area contributed by atoms with Gasteiger partial charge in [0, 0.05) is 12.8 Å². The Hall–Kier alpha value is -1.83.